The normalized spacial score (nSPS) is 18.3. The van der Waals surface area contributed by atoms with Crippen LogP contribution in [0.25, 0.3) is 0 Å². The number of fused-ring (bicyclic) bond motifs is 1. The maximum absolute atomic E-state index is 5.66. The van der Waals surface area contributed by atoms with E-state index in [4.69, 9.17) is 10.7 Å². The van der Waals surface area contributed by atoms with Gasteiger partial charge in [0.05, 0.1) is 12.2 Å². The van der Waals surface area contributed by atoms with Crippen molar-refractivity contribution in [1.82, 2.24) is 10.3 Å². The molecule has 0 saturated heterocycles. The summed E-state index contributed by atoms with van der Waals surface area (Å²) in [7, 11) is 1.68. The summed E-state index contributed by atoms with van der Waals surface area (Å²) in [5, 5.41) is 4.17. The average Bonchev–Trinajstić information content (AvgIpc) is 2.95. The molecule has 0 aliphatic heterocycles. The molecule has 0 amide bonds. The second kappa shape index (κ2) is 6.26. The van der Waals surface area contributed by atoms with Crippen molar-refractivity contribution < 1.29 is 0 Å². The lowest BCUT2D eigenvalue weighted by Gasteiger charge is -2.21. The Balaban J connectivity index is 1.70. The topological polar surface area (TPSA) is 63.3 Å². The van der Waals surface area contributed by atoms with Gasteiger partial charge in [-0.25, -0.2) is 4.98 Å². The van der Waals surface area contributed by atoms with Gasteiger partial charge in [0.25, 0.3) is 0 Å². The van der Waals surface area contributed by atoms with Crippen molar-refractivity contribution in [1.29, 1.82) is 0 Å². The number of nitrogens with zero attached hydrogens (tertiary/aromatic N) is 2. The van der Waals surface area contributed by atoms with Crippen molar-refractivity contribution >= 4 is 17.3 Å². The van der Waals surface area contributed by atoms with Crippen LogP contribution in [0, 0.1) is 0 Å². The highest BCUT2D eigenvalue weighted by molar-refractivity contribution is 7.11. The van der Waals surface area contributed by atoms with Gasteiger partial charge in [-0.2, -0.15) is 0 Å². The lowest BCUT2D eigenvalue weighted by molar-refractivity contribution is 0.583. The van der Waals surface area contributed by atoms with E-state index >= 15 is 0 Å². The zero-order valence-corrected chi connectivity index (χ0v) is 13.0. The molecule has 0 spiro atoms. The monoisotopic (exact) mass is 300 g/mol. The van der Waals surface area contributed by atoms with Crippen molar-refractivity contribution in [3.63, 3.8) is 0 Å². The van der Waals surface area contributed by atoms with E-state index in [1.54, 1.807) is 18.4 Å². The molecule has 2 aromatic rings. The average molecular weight is 300 g/mol. The van der Waals surface area contributed by atoms with E-state index < -0.39 is 0 Å². The number of hydrogen-bond acceptors (Lipinski definition) is 3. The molecule has 1 unspecified atom stereocenters. The number of rotatable bonds is 3. The van der Waals surface area contributed by atoms with E-state index in [-0.39, 0.29) is 0 Å². The van der Waals surface area contributed by atoms with Crippen LogP contribution >= 0.6 is 11.3 Å². The van der Waals surface area contributed by atoms with Crippen molar-refractivity contribution in [2.24, 2.45) is 10.7 Å². The van der Waals surface area contributed by atoms with Crippen molar-refractivity contribution in [3.8, 4) is 0 Å². The fourth-order valence-corrected chi connectivity index (χ4v) is 3.89. The number of thiazole rings is 1. The maximum Gasteiger partial charge on any atom is 0.188 e. The second-order valence-electron chi connectivity index (χ2n) is 5.29. The van der Waals surface area contributed by atoms with E-state index in [9.17, 15) is 0 Å². The highest BCUT2D eigenvalue weighted by Crippen LogP contribution is 2.35. The van der Waals surface area contributed by atoms with Gasteiger partial charge in [-0.15, -0.1) is 11.3 Å². The predicted molar refractivity (Wildman–Crippen MR) is 87.7 cm³/mol. The molecule has 3 N–H and O–H groups in total. The number of aromatic nitrogens is 1. The minimum atomic E-state index is 0.463. The van der Waals surface area contributed by atoms with Crippen LogP contribution in [0.3, 0.4) is 0 Å². The van der Waals surface area contributed by atoms with Crippen LogP contribution in [-0.2, 0) is 19.4 Å². The number of aryl methyl sites for hydroxylation is 1. The predicted octanol–water partition coefficient (Wildman–Crippen LogP) is 2.45. The smallest absolute Gasteiger partial charge is 0.188 e. The van der Waals surface area contributed by atoms with Gasteiger partial charge < -0.3 is 11.1 Å². The Morgan fingerprint density at radius 2 is 2.24 bits per heavy atom. The van der Waals surface area contributed by atoms with Crippen LogP contribution in [0.5, 0.6) is 0 Å². The zero-order chi connectivity index (χ0) is 14.7. The number of nitrogens with two attached hydrogens (primary N) is 1. The van der Waals surface area contributed by atoms with E-state index in [0.29, 0.717) is 18.4 Å². The first-order valence-electron chi connectivity index (χ1n) is 7.25. The Hall–Kier alpha value is -1.88. The molecule has 4 nitrogen and oxygen atoms in total. The van der Waals surface area contributed by atoms with Gasteiger partial charge in [0, 0.05) is 11.9 Å². The summed E-state index contributed by atoms with van der Waals surface area (Å²) in [5.41, 5.74) is 8.37. The number of guanidine groups is 1. The highest BCUT2D eigenvalue weighted by atomic mass is 32.1. The molecule has 5 heteroatoms. The van der Waals surface area contributed by atoms with Crippen molar-refractivity contribution in [2.45, 2.75) is 31.7 Å². The van der Waals surface area contributed by atoms with Gasteiger partial charge in [-0.05, 0) is 30.7 Å². The standard InChI is InChI=1S/C16H20N4S/c1-18-16(17)19-10-15-20-13-8-7-12(9-14(13)21-15)11-5-3-2-4-6-11/h2-6,12H,7-10H2,1H3,(H3,17,18,19). The van der Waals surface area contributed by atoms with Crippen molar-refractivity contribution in [3.05, 3.63) is 51.5 Å². The molecule has 1 aliphatic carbocycles. The molecule has 0 saturated carbocycles. The van der Waals surface area contributed by atoms with Gasteiger partial charge in [-0.1, -0.05) is 30.3 Å². The van der Waals surface area contributed by atoms with Crippen molar-refractivity contribution in [2.75, 3.05) is 7.05 Å². The second-order valence-corrected chi connectivity index (χ2v) is 6.46. The molecule has 1 heterocycles. The molecule has 0 fully saturated rings. The number of nitrogens with one attached hydrogen (secondary N) is 1. The van der Waals surface area contributed by atoms with Gasteiger partial charge in [-0.3, -0.25) is 4.99 Å². The molecule has 0 bridgehead atoms. The minimum absolute atomic E-state index is 0.463. The fourth-order valence-electron chi connectivity index (χ4n) is 2.76. The summed E-state index contributed by atoms with van der Waals surface area (Å²) < 4.78 is 0. The molecular formula is C16H20N4S. The number of hydrogen-bond donors (Lipinski definition) is 2. The van der Waals surface area contributed by atoms with Gasteiger partial charge in [0.15, 0.2) is 5.96 Å². The Bertz CT molecular complexity index is 633. The molecule has 1 aromatic carbocycles. The zero-order valence-electron chi connectivity index (χ0n) is 12.2. The first-order valence-corrected chi connectivity index (χ1v) is 8.06. The van der Waals surface area contributed by atoms with Crippen LogP contribution in [0.2, 0.25) is 0 Å². The summed E-state index contributed by atoms with van der Waals surface area (Å²) >= 11 is 1.80. The van der Waals surface area contributed by atoms with E-state index in [1.165, 1.54) is 22.6 Å². The molecular weight excluding hydrogens is 280 g/mol. The SMILES string of the molecule is CN=C(N)NCc1nc2c(s1)CC(c1ccccc1)CC2. The summed E-state index contributed by atoms with van der Waals surface area (Å²) in [6.07, 6.45) is 3.36. The highest BCUT2D eigenvalue weighted by Gasteiger charge is 2.23. The lowest BCUT2D eigenvalue weighted by atomic mass is 9.85. The Labute approximate surface area is 129 Å². The third-order valence-corrected chi connectivity index (χ3v) is 5.04. The van der Waals surface area contributed by atoms with Gasteiger partial charge in [0.1, 0.15) is 5.01 Å². The quantitative estimate of drug-likeness (QED) is 0.676. The Morgan fingerprint density at radius 1 is 1.43 bits per heavy atom. The third-order valence-electron chi connectivity index (χ3n) is 3.92. The first kappa shape index (κ1) is 14.1. The van der Waals surface area contributed by atoms with Crippen LogP contribution in [0.15, 0.2) is 35.3 Å². The molecule has 21 heavy (non-hydrogen) atoms. The lowest BCUT2D eigenvalue weighted by Crippen LogP contribution is -2.30. The molecule has 3 rings (SSSR count). The summed E-state index contributed by atoms with van der Waals surface area (Å²) in [4.78, 5) is 10.1. The number of aliphatic imine (C=N–C) groups is 1. The van der Waals surface area contributed by atoms with Crippen LogP contribution in [-0.4, -0.2) is 18.0 Å². The van der Waals surface area contributed by atoms with E-state index in [2.05, 4.69) is 40.6 Å². The first-order chi connectivity index (χ1) is 10.3. The van der Waals surface area contributed by atoms with Crippen LogP contribution in [0.1, 0.15) is 33.5 Å². The van der Waals surface area contributed by atoms with Crippen LogP contribution < -0.4 is 11.1 Å². The Kier molecular flexibility index (Phi) is 4.20. The van der Waals surface area contributed by atoms with E-state index in [0.717, 1.165) is 17.8 Å². The van der Waals surface area contributed by atoms with Gasteiger partial charge >= 0.3 is 0 Å². The molecule has 1 aliphatic rings. The van der Waals surface area contributed by atoms with Gasteiger partial charge in [0.2, 0.25) is 0 Å². The van der Waals surface area contributed by atoms with Crippen LogP contribution in [0.4, 0.5) is 0 Å². The molecule has 0 radical (unpaired) electrons. The largest absolute Gasteiger partial charge is 0.370 e. The molecule has 110 valence electrons. The maximum atomic E-state index is 5.66. The summed E-state index contributed by atoms with van der Waals surface area (Å²) in [6.45, 7) is 0.664. The van der Waals surface area contributed by atoms with E-state index in [1.807, 2.05) is 0 Å². The number of benzene rings is 1. The Morgan fingerprint density at radius 3 is 3.00 bits per heavy atom. The summed E-state index contributed by atoms with van der Waals surface area (Å²) in [5.74, 6) is 1.09. The minimum Gasteiger partial charge on any atom is -0.370 e. The molecule has 1 atom stereocenters. The third kappa shape index (κ3) is 3.24. The fraction of sp³-hybridized carbons (Fsp3) is 0.375. The summed E-state index contributed by atoms with van der Waals surface area (Å²) in [6, 6.07) is 10.8. The molecule has 1 aromatic heterocycles.